The van der Waals surface area contributed by atoms with Gasteiger partial charge in [0, 0.05) is 25.3 Å². The van der Waals surface area contributed by atoms with Crippen LogP contribution >= 0.6 is 11.6 Å². The highest BCUT2D eigenvalue weighted by atomic mass is 35.5. The van der Waals surface area contributed by atoms with E-state index in [1.807, 2.05) is 13.8 Å². The summed E-state index contributed by atoms with van der Waals surface area (Å²) in [5, 5.41) is 0.339. The van der Waals surface area contributed by atoms with Gasteiger partial charge in [-0.05, 0) is 67.9 Å². The van der Waals surface area contributed by atoms with Crippen LogP contribution in [0.5, 0.6) is 11.5 Å². The largest absolute Gasteiger partial charge is 0.487 e. The van der Waals surface area contributed by atoms with Crippen LogP contribution in [0.1, 0.15) is 29.8 Å². The lowest BCUT2D eigenvalue weighted by atomic mass is 10.1. The molecule has 0 unspecified atom stereocenters. The van der Waals surface area contributed by atoms with Crippen molar-refractivity contribution in [1.82, 2.24) is 4.90 Å². The van der Waals surface area contributed by atoms with Crippen LogP contribution < -0.4 is 25.3 Å². The maximum atomic E-state index is 12.8. The zero-order chi connectivity index (χ0) is 29.2. The molecule has 0 bridgehead atoms. The van der Waals surface area contributed by atoms with Crippen molar-refractivity contribution < 1.29 is 22.1 Å². The minimum absolute atomic E-state index is 0.0365. The summed E-state index contributed by atoms with van der Waals surface area (Å²) in [5.41, 5.74) is 12.7. The number of halogens is 1. The number of benzene rings is 3. The molecule has 0 fully saturated rings. The van der Waals surface area contributed by atoms with Crippen LogP contribution in [0.15, 0.2) is 81.6 Å². The molecule has 1 aliphatic rings. The minimum atomic E-state index is -4.13. The highest BCUT2D eigenvalue weighted by Gasteiger charge is 2.33. The fourth-order valence-corrected chi connectivity index (χ4v) is 5.18. The topological polar surface area (TPSA) is 153 Å². The van der Waals surface area contributed by atoms with Gasteiger partial charge in [0.25, 0.3) is 5.91 Å². The molecule has 4 rings (SSSR count). The lowest BCUT2D eigenvalue weighted by molar-refractivity contribution is 0.0827. The molecule has 0 saturated heterocycles. The number of ether oxygens (including phenoxy) is 1. The molecule has 210 valence electrons. The molecule has 11 nitrogen and oxygen atoms in total. The number of hydrogen-bond donors (Lipinski definition) is 2. The number of hydrogen-bond acceptors (Lipinski definition) is 10. The molecule has 1 heterocycles. The Labute approximate surface area is 237 Å². The molecule has 1 aliphatic heterocycles. The van der Waals surface area contributed by atoms with E-state index in [-0.39, 0.29) is 35.1 Å². The lowest BCUT2D eigenvalue weighted by Crippen LogP contribution is -2.54. The van der Waals surface area contributed by atoms with E-state index in [9.17, 15) is 13.2 Å². The second-order valence-electron chi connectivity index (χ2n) is 9.58. The molecule has 0 spiro atoms. The van der Waals surface area contributed by atoms with Crippen LogP contribution in [0.3, 0.4) is 0 Å². The smallest absolute Gasteiger partial charge is 0.339 e. The summed E-state index contributed by atoms with van der Waals surface area (Å²) in [5.74, 6) is 0.479. The minimum Gasteiger partial charge on any atom is -0.487 e. The third kappa shape index (κ3) is 6.29. The Morgan fingerprint density at radius 1 is 1.05 bits per heavy atom. The number of nitrogens with two attached hydrogens (primary N) is 2. The van der Waals surface area contributed by atoms with Gasteiger partial charge in [0.05, 0.1) is 5.02 Å². The van der Waals surface area contributed by atoms with Crippen molar-refractivity contribution in [2.75, 3.05) is 19.0 Å². The molecular formula is C27H29ClN6O5S. The standard InChI is InChI=1S/C27H29ClN6O5S/c1-27(2)32-25(29)31-26(30)34(27)19-10-13-23(22(28)15-19)38-16-17-8-11-21(12-9-17)40(36,37)39-20-7-5-6-18(14-20)24(35)33(3)4/h5-15H,16H2,1-4H3,(H4,29,30,31,32). The first-order chi connectivity index (χ1) is 18.8. The van der Waals surface area contributed by atoms with Crippen LogP contribution in [0, 0.1) is 0 Å². The zero-order valence-corrected chi connectivity index (χ0v) is 23.9. The van der Waals surface area contributed by atoms with Crippen LogP contribution in [-0.4, -0.2) is 50.9 Å². The van der Waals surface area contributed by atoms with Crippen LogP contribution in [0.25, 0.3) is 0 Å². The molecule has 0 atom stereocenters. The third-order valence-corrected chi connectivity index (χ3v) is 7.42. The maximum Gasteiger partial charge on any atom is 0.339 e. The van der Waals surface area contributed by atoms with Crippen molar-refractivity contribution >= 4 is 45.2 Å². The summed E-state index contributed by atoms with van der Waals surface area (Å²) in [7, 11) is -0.916. The van der Waals surface area contributed by atoms with Gasteiger partial charge in [-0.1, -0.05) is 29.8 Å². The highest BCUT2D eigenvalue weighted by Crippen LogP contribution is 2.34. The maximum absolute atomic E-state index is 12.8. The first-order valence-electron chi connectivity index (χ1n) is 12.0. The molecule has 4 N–H and O–H groups in total. The van der Waals surface area contributed by atoms with E-state index in [4.69, 9.17) is 32.0 Å². The summed E-state index contributed by atoms with van der Waals surface area (Å²) in [6.07, 6.45) is 0. The number of aliphatic imine (C=N–C) groups is 2. The Balaban J connectivity index is 1.42. The van der Waals surface area contributed by atoms with E-state index in [1.54, 1.807) is 61.5 Å². The first-order valence-corrected chi connectivity index (χ1v) is 13.8. The van der Waals surface area contributed by atoms with Crippen LogP contribution in [-0.2, 0) is 16.7 Å². The SMILES string of the molecule is CN(C)C(=O)c1cccc(OS(=O)(=O)c2ccc(COc3ccc(N4C(N)=NC(N)=NC4(C)C)cc3Cl)cc2)c1. The molecule has 40 heavy (non-hydrogen) atoms. The fourth-order valence-electron chi connectivity index (χ4n) is 4.02. The Morgan fingerprint density at radius 3 is 2.38 bits per heavy atom. The van der Waals surface area contributed by atoms with Gasteiger partial charge in [0.15, 0.2) is 0 Å². The molecular weight excluding hydrogens is 556 g/mol. The Bertz CT molecular complexity index is 1600. The molecule has 3 aromatic carbocycles. The van der Waals surface area contributed by atoms with Gasteiger partial charge < -0.3 is 25.3 Å². The number of nitrogens with zero attached hydrogens (tertiary/aromatic N) is 4. The predicted octanol–water partition coefficient (Wildman–Crippen LogP) is 3.57. The van der Waals surface area contributed by atoms with Crippen molar-refractivity contribution in [3.8, 4) is 11.5 Å². The van der Waals surface area contributed by atoms with E-state index in [0.29, 0.717) is 27.6 Å². The molecule has 3 aromatic rings. The van der Waals surface area contributed by atoms with Gasteiger partial charge in [-0.15, -0.1) is 0 Å². The van der Waals surface area contributed by atoms with Crippen molar-refractivity contribution in [2.24, 2.45) is 21.5 Å². The summed E-state index contributed by atoms with van der Waals surface area (Å²) in [6.45, 7) is 3.82. The molecule has 0 radical (unpaired) electrons. The van der Waals surface area contributed by atoms with E-state index in [2.05, 4.69) is 9.98 Å². The number of anilines is 1. The Morgan fingerprint density at radius 2 is 1.75 bits per heavy atom. The van der Waals surface area contributed by atoms with Gasteiger partial charge in [-0.3, -0.25) is 9.69 Å². The van der Waals surface area contributed by atoms with Crippen molar-refractivity contribution in [3.05, 3.63) is 82.9 Å². The van der Waals surface area contributed by atoms with Crippen molar-refractivity contribution in [2.45, 2.75) is 31.0 Å². The summed E-state index contributed by atoms with van der Waals surface area (Å²) >= 11 is 6.48. The van der Waals surface area contributed by atoms with E-state index < -0.39 is 15.8 Å². The summed E-state index contributed by atoms with van der Waals surface area (Å²) in [6, 6.07) is 17.2. The van der Waals surface area contributed by atoms with E-state index >= 15 is 0 Å². The Hall–Kier alpha value is -4.29. The number of rotatable bonds is 8. The summed E-state index contributed by atoms with van der Waals surface area (Å²) < 4.78 is 36.7. The fraction of sp³-hybridized carbons (Fsp3) is 0.222. The second kappa shape index (κ2) is 11.1. The van der Waals surface area contributed by atoms with Gasteiger partial charge >= 0.3 is 10.1 Å². The van der Waals surface area contributed by atoms with Gasteiger partial charge in [-0.2, -0.15) is 13.4 Å². The second-order valence-corrected chi connectivity index (χ2v) is 11.5. The third-order valence-electron chi connectivity index (χ3n) is 5.87. The number of carbonyl (C=O) groups excluding carboxylic acids is 1. The molecule has 0 aromatic heterocycles. The molecule has 0 aliphatic carbocycles. The van der Waals surface area contributed by atoms with Gasteiger partial charge in [-0.25, -0.2) is 4.99 Å². The predicted molar refractivity (Wildman–Crippen MR) is 154 cm³/mol. The van der Waals surface area contributed by atoms with Crippen molar-refractivity contribution in [3.63, 3.8) is 0 Å². The average Bonchev–Trinajstić information content (AvgIpc) is 2.86. The Kier molecular flexibility index (Phi) is 7.94. The molecule has 1 amide bonds. The number of amides is 1. The van der Waals surface area contributed by atoms with Crippen LogP contribution in [0.2, 0.25) is 5.02 Å². The van der Waals surface area contributed by atoms with E-state index in [0.717, 1.165) is 0 Å². The van der Waals surface area contributed by atoms with Crippen molar-refractivity contribution in [1.29, 1.82) is 0 Å². The highest BCUT2D eigenvalue weighted by molar-refractivity contribution is 7.87. The quantitative estimate of drug-likeness (QED) is 0.381. The zero-order valence-electron chi connectivity index (χ0n) is 22.3. The molecule has 0 saturated carbocycles. The van der Waals surface area contributed by atoms with E-state index in [1.165, 1.54) is 29.2 Å². The lowest BCUT2D eigenvalue weighted by Gasteiger charge is -2.38. The molecule has 13 heteroatoms. The van der Waals surface area contributed by atoms with Crippen LogP contribution in [0.4, 0.5) is 5.69 Å². The number of carbonyl (C=O) groups is 1. The number of guanidine groups is 2. The normalized spacial score (nSPS) is 14.7. The van der Waals surface area contributed by atoms with Gasteiger partial charge in [0.1, 0.15) is 28.7 Å². The monoisotopic (exact) mass is 584 g/mol. The average molecular weight is 585 g/mol. The summed E-state index contributed by atoms with van der Waals surface area (Å²) in [4.78, 5) is 23.6. The first kappa shape index (κ1) is 28.7. The van der Waals surface area contributed by atoms with Gasteiger partial charge in [0.2, 0.25) is 11.9 Å².